The van der Waals surface area contributed by atoms with Crippen LogP contribution in [0.5, 0.6) is 0 Å². The van der Waals surface area contributed by atoms with Gasteiger partial charge in [0.05, 0.1) is 13.0 Å². The lowest BCUT2D eigenvalue weighted by Gasteiger charge is -2.15. The van der Waals surface area contributed by atoms with E-state index in [0.29, 0.717) is 19.6 Å². The molecular formula is C10H17NO3. The highest BCUT2D eigenvalue weighted by Gasteiger charge is 2.31. The van der Waals surface area contributed by atoms with Gasteiger partial charge in [-0.05, 0) is 19.8 Å². The maximum absolute atomic E-state index is 11.4. The Morgan fingerprint density at radius 1 is 1.43 bits per heavy atom. The topological polar surface area (TPSA) is 46.6 Å². The van der Waals surface area contributed by atoms with E-state index in [1.165, 1.54) is 0 Å². The van der Waals surface area contributed by atoms with Crippen molar-refractivity contribution in [3.8, 4) is 0 Å². The molecule has 0 aromatic rings. The number of hydrogen-bond acceptors (Lipinski definition) is 3. The molecule has 1 amide bonds. The Hall–Kier alpha value is -1.06. The molecule has 0 unspecified atom stereocenters. The van der Waals surface area contributed by atoms with Gasteiger partial charge in [0, 0.05) is 19.5 Å². The molecule has 1 rings (SSSR count). The van der Waals surface area contributed by atoms with E-state index >= 15 is 0 Å². The lowest BCUT2D eigenvalue weighted by Crippen LogP contribution is -2.30. The van der Waals surface area contributed by atoms with Crippen LogP contribution in [-0.2, 0) is 14.3 Å². The van der Waals surface area contributed by atoms with Gasteiger partial charge >= 0.3 is 5.97 Å². The van der Waals surface area contributed by atoms with Crippen LogP contribution in [0.25, 0.3) is 0 Å². The average molecular weight is 199 g/mol. The summed E-state index contributed by atoms with van der Waals surface area (Å²) in [5, 5.41) is 0. The lowest BCUT2D eigenvalue weighted by atomic mass is 10.3. The summed E-state index contributed by atoms with van der Waals surface area (Å²) in [5.41, 5.74) is 0. The Kier molecular flexibility index (Phi) is 3.92. The van der Waals surface area contributed by atoms with Gasteiger partial charge in [-0.25, -0.2) is 0 Å². The smallest absolute Gasteiger partial charge is 0.307 e. The molecule has 0 spiro atoms. The fourth-order valence-corrected chi connectivity index (χ4v) is 1.24. The van der Waals surface area contributed by atoms with Crippen molar-refractivity contribution in [1.82, 2.24) is 4.90 Å². The van der Waals surface area contributed by atoms with Gasteiger partial charge in [0.2, 0.25) is 5.91 Å². The highest BCUT2D eigenvalue weighted by molar-refractivity contribution is 5.81. The van der Waals surface area contributed by atoms with Gasteiger partial charge in [-0.2, -0.15) is 0 Å². The Bertz CT molecular complexity index is 223. The van der Waals surface area contributed by atoms with E-state index in [-0.39, 0.29) is 17.8 Å². The number of hydrogen-bond donors (Lipinski definition) is 0. The van der Waals surface area contributed by atoms with Crippen molar-refractivity contribution in [2.24, 2.45) is 5.92 Å². The number of ether oxygens (including phenoxy) is 1. The maximum Gasteiger partial charge on any atom is 0.307 e. The maximum atomic E-state index is 11.4. The van der Waals surface area contributed by atoms with Gasteiger partial charge in [-0.1, -0.05) is 0 Å². The first-order valence-corrected chi connectivity index (χ1v) is 5.05. The molecule has 1 saturated carbocycles. The molecule has 0 bridgehead atoms. The molecule has 1 aliphatic rings. The zero-order valence-electron chi connectivity index (χ0n) is 8.78. The summed E-state index contributed by atoms with van der Waals surface area (Å²) < 4.78 is 4.77. The average Bonchev–Trinajstić information content (AvgIpc) is 2.96. The first-order valence-electron chi connectivity index (χ1n) is 5.05. The van der Waals surface area contributed by atoms with Crippen molar-refractivity contribution >= 4 is 11.9 Å². The first kappa shape index (κ1) is 11.0. The molecule has 0 atom stereocenters. The molecule has 1 aliphatic carbocycles. The molecule has 0 aliphatic heterocycles. The molecular weight excluding hydrogens is 182 g/mol. The standard InChI is InChI=1S/C10H17NO3/c1-3-14-9(12)6-7-11(2)10(13)8-4-5-8/h8H,3-7H2,1-2H3. The Balaban J connectivity index is 2.16. The molecule has 14 heavy (non-hydrogen) atoms. The SMILES string of the molecule is CCOC(=O)CCN(C)C(=O)C1CC1. The summed E-state index contributed by atoms with van der Waals surface area (Å²) in [6, 6.07) is 0. The monoisotopic (exact) mass is 199 g/mol. The Labute approximate surface area is 84.2 Å². The number of carbonyl (C=O) groups is 2. The van der Waals surface area contributed by atoms with E-state index in [0.717, 1.165) is 12.8 Å². The van der Waals surface area contributed by atoms with Gasteiger partial charge in [0.25, 0.3) is 0 Å². The van der Waals surface area contributed by atoms with E-state index in [2.05, 4.69) is 0 Å². The molecule has 0 heterocycles. The van der Waals surface area contributed by atoms with Crippen LogP contribution in [0.3, 0.4) is 0 Å². The van der Waals surface area contributed by atoms with Gasteiger partial charge in [0.1, 0.15) is 0 Å². The van der Waals surface area contributed by atoms with Crippen LogP contribution in [0, 0.1) is 5.92 Å². The second-order valence-corrected chi connectivity index (χ2v) is 3.59. The lowest BCUT2D eigenvalue weighted by molar-refractivity contribution is -0.144. The first-order chi connectivity index (χ1) is 6.65. The minimum atomic E-state index is -0.233. The number of rotatable bonds is 5. The second-order valence-electron chi connectivity index (χ2n) is 3.59. The number of carbonyl (C=O) groups excluding carboxylic acids is 2. The molecule has 80 valence electrons. The zero-order chi connectivity index (χ0) is 10.6. The summed E-state index contributed by atoms with van der Waals surface area (Å²) in [6.45, 7) is 2.64. The van der Waals surface area contributed by atoms with Gasteiger partial charge < -0.3 is 9.64 Å². The normalized spacial score (nSPS) is 15.0. The van der Waals surface area contributed by atoms with Crippen molar-refractivity contribution in [3.05, 3.63) is 0 Å². The zero-order valence-corrected chi connectivity index (χ0v) is 8.78. The fraction of sp³-hybridized carbons (Fsp3) is 0.800. The number of amides is 1. The third-order valence-corrected chi connectivity index (χ3v) is 2.26. The summed E-state index contributed by atoms with van der Waals surface area (Å²) in [7, 11) is 1.74. The number of esters is 1. The predicted molar refractivity (Wildman–Crippen MR) is 51.6 cm³/mol. The fourth-order valence-electron chi connectivity index (χ4n) is 1.24. The molecule has 4 nitrogen and oxygen atoms in total. The van der Waals surface area contributed by atoms with E-state index < -0.39 is 0 Å². The minimum absolute atomic E-state index is 0.161. The van der Waals surface area contributed by atoms with E-state index in [4.69, 9.17) is 4.74 Å². The predicted octanol–water partition coefficient (Wildman–Crippen LogP) is 0.808. The van der Waals surface area contributed by atoms with E-state index in [1.807, 2.05) is 0 Å². The largest absolute Gasteiger partial charge is 0.466 e. The van der Waals surface area contributed by atoms with Crippen molar-refractivity contribution in [1.29, 1.82) is 0 Å². The highest BCUT2D eigenvalue weighted by Crippen LogP contribution is 2.30. The molecule has 0 saturated heterocycles. The van der Waals surface area contributed by atoms with Crippen molar-refractivity contribution in [2.75, 3.05) is 20.2 Å². The van der Waals surface area contributed by atoms with Crippen molar-refractivity contribution in [2.45, 2.75) is 26.2 Å². The van der Waals surface area contributed by atoms with Crippen LogP contribution in [0.2, 0.25) is 0 Å². The van der Waals surface area contributed by atoms with E-state index in [1.54, 1.807) is 18.9 Å². The summed E-state index contributed by atoms with van der Waals surface area (Å²) >= 11 is 0. The van der Waals surface area contributed by atoms with Crippen LogP contribution in [0.1, 0.15) is 26.2 Å². The Morgan fingerprint density at radius 3 is 2.57 bits per heavy atom. The van der Waals surface area contributed by atoms with Crippen molar-refractivity contribution < 1.29 is 14.3 Å². The Morgan fingerprint density at radius 2 is 2.07 bits per heavy atom. The van der Waals surface area contributed by atoms with Crippen LogP contribution in [0.4, 0.5) is 0 Å². The molecule has 0 aromatic carbocycles. The molecule has 4 heteroatoms. The quantitative estimate of drug-likeness (QED) is 0.615. The molecule has 0 aromatic heterocycles. The van der Waals surface area contributed by atoms with E-state index in [9.17, 15) is 9.59 Å². The van der Waals surface area contributed by atoms with Crippen LogP contribution < -0.4 is 0 Å². The van der Waals surface area contributed by atoms with Crippen LogP contribution >= 0.6 is 0 Å². The molecule has 0 N–H and O–H groups in total. The highest BCUT2D eigenvalue weighted by atomic mass is 16.5. The third kappa shape index (κ3) is 3.36. The summed E-state index contributed by atoms with van der Waals surface area (Å²) in [4.78, 5) is 24.1. The third-order valence-electron chi connectivity index (χ3n) is 2.26. The van der Waals surface area contributed by atoms with Gasteiger partial charge in [0.15, 0.2) is 0 Å². The van der Waals surface area contributed by atoms with Crippen LogP contribution in [-0.4, -0.2) is 37.0 Å². The molecule has 0 radical (unpaired) electrons. The molecule has 1 fully saturated rings. The van der Waals surface area contributed by atoms with Gasteiger partial charge in [-0.3, -0.25) is 9.59 Å². The van der Waals surface area contributed by atoms with Gasteiger partial charge in [-0.15, -0.1) is 0 Å². The summed E-state index contributed by atoms with van der Waals surface area (Å²) in [6.07, 6.45) is 2.30. The summed E-state index contributed by atoms with van der Waals surface area (Å²) in [5.74, 6) is 0.152. The minimum Gasteiger partial charge on any atom is -0.466 e. The second kappa shape index (κ2) is 4.98. The van der Waals surface area contributed by atoms with Crippen LogP contribution in [0.15, 0.2) is 0 Å². The van der Waals surface area contributed by atoms with Crippen molar-refractivity contribution in [3.63, 3.8) is 0 Å². The number of nitrogens with zero attached hydrogens (tertiary/aromatic N) is 1.